The summed E-state index contributed by atoms with van der Waals surface area (Å²) in [4.78, 5) is 1.48. The van der Waals surface area contributed by atoms with Crippen molar-refractivity contribution in [2.24, 2.45) is 5.92 Å². The number of rotatable bonds is 4. The second-order valence-corrected chi connectivity index (χ2v) is 9.59. The first kappa shape index (κ1) is 23.6. The Hall–Kier alpha value is 0.600. The molecule has 3 rings (SSSR count). The molecule has 0 spiro atoms. The van der Waals surface area contributed by atoms with E-state index in [1.54, 1.807) is 5.57 Å². The van der Waals surface area contributed by atoms with Crippen LogP contribution in [0.1, 0.15) is 19.8 Å². The second kappa shape index (κ2) is 10.6. The van der Waals surface area contributed by atoms with Gasteiger partial charge in [0.05, 0.1) is 0 Å². The summed E-state index contributed by atoms with van der Waals surface area (Å²) in [5.41, 5.74) is 7.25. The zero-order chi connectivity index (χ0) is 14.1. The molecule has 0 aromatic carbocycles. The third kappa shape index (κ3) is 5.28. The molecule has 5 heteroatoms. The average molecular weight is 461 g/mol. The van der Waals surface area contributed by atoms with Crippen molar-refractivity contribution in [3.63, 3.8) is 0 Å². The minimum atomic E-state index is -0.309. The number of halogens is 2. The van der Waals surface area contributed by atoms with Gasteiger partial charge < -0.3 is 24.8 Å². The van der Waals surface area contributed by atoms with E-state index >= 15 is 0 Å². The van der Waals surface area contributed by atoms with Crippen LogP contribution in [0.15, 0.2) is 58.1 Å². The Morgan fingerprint density at radius 3 is 2.61 bits per heavy atom. The summed E-state index contributed by atoms with van der Waals surface area (Å²) < 4.78 is 0. The summed E-state index contributed by atoms with van der Waals surface area (Å²) in [6.45, 7) is 7.03. The molecule has 2 aliphatic carbocycles. The molecule has 0 amide bonds. The van der Waals surface area contributed by atoms with Crippen LogP contribution in [0.4, 0.5) is 0 Å². The topological polar surface area (TPSA) is 0 Å². The molecule has 122 valence electrons. The van der Waals surface area contributed by atoms with Crippen molar-refractivity contribution < 1.29 is 51.0 Å². The van der Waals surface area contributed by atoms with E-state index < -0.39 is 0 Å². The van der Waals surface area contributed by atoms with Crippen LogP contribution in [-0.2, 0) is 26.2 Å². The van der Waals surface area contributed by atoms with Crippen LogP contribution in [0.3, 0.4) is 0 Å². The average Bonchev–Trinajstić information content (AvgIpc) is 3.04. The van der Waals surface area contributed by atoms with Crippen LogP contribution in [0.25, 0.3) is 0 Å². The normalized spacial score (nSPS) is 23.4. The van der Waals surface area contributed by atoms with Crippen molar-refractivity contribution >= 4 is 25.8 Å². The number of thioether (sulfide) groups is 1. The monoisotopic (exact) mass is 458 g/mol. The maximum absolute atomic E-state index is 2.60. The van der Waals surface area contributed by atoms with E-state index in [0.717, 1.165) is 0 Å². The molecule has 2 atom stereocenters. The Kier molecular flexibility index (Phi) is 10.8. The van der Waals surface area contributed by atoms with Gasteiger partial charge in [-0.1, -0.05) is 68.1 Å². The quantitative estimate of drug-likeness (QED) is 0.481. The Bertz CT molecular complexity index is 611. The smallest absolute Gasteiger partial charge is 1.00 e. The van der Waals surface area contributed by atoms with Crippen molar-refractivity contribution in [1.82, 2.24) is 0 Å². The van der Waals surface area contributed by atoms with Gasteiger partial charge in [-0.25, -0.2) is 0 Å². The summed E-state index contributed by atoms with van der Waals surface area (Å²) in [7, 11) is -0.309. The van der Waals surface area contributed by atoms with Crippen LogP contribution < -0.4 is 24.8 Å². The molecule has 1 heterocycles. The fourth-order valence-corrected chi connectivity index (χ4v) is 6.14. The largest absolute Gasteiger partial charge is 2.00 e. The molecule has 0 aromatic heterocycles. The van der Waals surface area contributed by atoms with Gasteiger partial charge in [0.1, 0.15) is 0 Å². The molecule has 23 heavy (non-hydrogen) atoms. The van der Waals surface area contributed by atoms with Crippen LogP contribution >= 0.6 is 11.8 Å². The van der Waals surface area contributed by atoms with Gasteiger partial charge in [0.25, 0.3) is 0 Å². The van der Waals surface area contributed by atoms with Gasteiger partial charge in [0.15, 0.2) is 0 Å². The summed E-state index contributed by atoms with van der Waals surface area (Å²) in [5.74, 6) is 0.523. The van der Waals surface area contributed by atoms with E-state index in [0.29, 0.717) is 11.2 Å². The van der Waals surface area contributed by atoms with Crippen LogP contribution in [-0.4, -0.2) is 19.3 Å². The molecule has 0 N–H and O–H groups in total. The number of hydrogen-bond donors (Lipinski definition) is 0. The third-order valence-electron chi connectivity index (χ3n) is 3.94. The molecule has 0 fully saturated rings. The number of hydrogen-bond acceptors (Lipinski definition) is 1. The van der Waals surface area contributed by atoms with Crippen molar-refractivity contribution in [1.29, 1.82) is 0 Å². The Labute approximate surface area is 177 Å². The van der Waals surface area contributed by atoms with Crippen molar-refractivity contribution in [3.8, 4) is 0 Å². The van der Waals surface area contributed by atoms with E-state index in [4.69, 9.17) is 0 Å². The zero-order valence-electron chi connectivity index (χ0n) is 13.8. The van der Waals surface area contributed by atoms with Gasteiger partial charge in [0, 0.05) is 24.5 Å². The fraction of sp³-hybridized carbons (Fsp3) is 0.389. The summed E-state index contributed by atoms with van der Waals surface area (Å²) >= 11 is 2.05. The van der Waals surface area contributed by atoms with Gasteiger partial charge in [-0.15, -0.1) is 11.8 Å². The van der Waals surface area contributed by atoms with Gasteiger partial charge in [-0.2, -0.15) is 0 Å². The maximum Gasteiger partial charge on any atom is 2.00 e. The molecule has 1 aliphatic heterocycles. The van der Waals surface area contributed by atoms with Gasteiger partial charge in [0.2, 0.25) is 0 Å². The van der Waals surface area contributed by atoms with E-state index in [-0.39, 0.29) is 59.4 Å². The van der Waals surface area contributed by atoms with Crippen molar-refractivity contribution in [2.45, 2.75) is 38.1 Å². The number of allylic oxidation sites excluding steroid dienone is 8. The van der Waals surface area contributed by atoms with Crippen molar-refractivity contribution in [2.75, 3.05) is 0 Å². The first-order chi connectivity index (χ1) is 9.69. The number of fused-ring (bicyclic) bond motifs is 1. The fourth-order valence-electron chi connectivity index (χ4n) is 3.11. The van der Waals surface area contributed by atoms with E-state index in [1.807, 2.05) is 0 Å². The molecule has 0 aromatic rings. The second-order valence-electron chi connectivity index (χ2n) is 5.92. The summed E-state index contributed by atoms with van der Waals surface area (Å²) in [6.07, 6.45) is 16.5. The minimum Gasteiger partial charge on any atom is -1.00 e. The summed E-state index contributed by atoms with van der Waals surface area (Å²) in [5, 5.41) is 0.594. The first-order valence-electron chi connectivity index (χ1n) is 7.52. The molecular formula is C18H22Cl2SSiZr. The van der Waals surface area contributed by atoms with E-state index in [9.17, 15) is 0 Å². The standard InChI is InChI=1S/C18H22SSi.2ClH.Zr/c1-4-6-13-9-10-14(11-13)18-15-7-5-8-16(15)19-17(18)12-20(2)3;;;/h5,7-12,14,17H,4,6H2,1-3H3;2*1H;/q;;;+2/p-2. The van der Waals surface area contributed by atoms with E-state index in [1.165, 1.54) is 28.9 Å². The van der Waals surface area contributed by atoms with Crippen LogP contribution in [0, 0.1) is 5.92 Å². The Morgan fingerprint density at radius 2 is 1.96 bits per heavy atom. The predicted molar refractivity (Wildman–Crippen MR) is 94.8 cm³/mol. The SMILES string of the molecule is CCCC1=CC(C2=C3C=CC=C3SC2C=[Si](C)C)C=C1.[Cl-].[Cl-].[Zr+2]. The molecule has 0 nitrogen and oxygen atoms in total. The molecule has 2 unspecified atom stereocenters. The molecule has 3 aliphatic rings. The zero-order valence-corrected chi connectivity index (χ0v) is 19.6. The molecule has 0 saturated carbocycles. The Balaban J connectivity index is 0.00000161. The van der Waals surface area contributed by atoms with Gasteiger partial charge in [-0.3, -0.25) is 0 Å². The molecule has 0 radical (unpaired) electrons. The van der Waals surface area contributed by atoms with Crippen LogP contribution in [0.2, 0.25) is 13.1 Å². The molecule has 0 saturated heterocycles. The first-order valence-corrected chi connectivity index (χ1v) is 11.0. The Morgan fingerprint density at radius 1 is 1.22 bits per heavy atom. The predicted octanol–water partition coefficient (Wildman–Crippen LogP) is -1.09. The van der Waals surface area contributed by atoms with Crippen molar-refractivity contribution in [3.05, 3.63) is 58.1 Å². The van der Waals surface area contributed by atoms with Gasteiger partial charge in [-0.05, 0) is 23.6 Å². The third-order valence-corrected chi connectivity index (χ3v) is 6.44. The van der Waals surface area contributed by atoms with E-state index in [2.05, 4.69) is 73.9 Å². The minimum absolute atomic E-state index is 0. The maximum atomic E-state index is 2.60. The summed E-state index contributed by atoms with van der Waals surface area (Å²) in [6, 6.07) is 0. The molecule has 0 bridgehead atoms. The molecular weight excluding hydrogens is 438 g/mol. The van der Waals surface area contributed by atoms with Gasteiger partial charge >= 0.3 is 26.2 Å². The van der Waals surface area contributed by atoms with Crippen LogP contribution in [0.5, 0.6) is 0 Å².